The molecule has 1 aromatic rings. The van der Waals surface area contributed by atoms with Gasteiger partial charge in [-0.15, -0.1) is 0 Å². The van der Waals surface area contributed by atoms with Crippen LogP contribution >= 0.6 is 12.2 Å². The number of hydrogen-bond donors (Lipinski definition) is 2. The van der Waals surface area contributed by atoms with Gasteiger partial charge in [-0.1, -0.05) is 31.3 Å². The second-order valence-electron chi connectivity index (χ2n) is 4.17. The number of phenols is 1. The third kappa shape index (κ3) is 4.16. The average Bonchev–Trinajstić information content (AvgIpc) is 2.21. The highest BCUT2D eigenvalue weighted by molar-refractivity contribution is 7.80. The van der Waals surface area contributed by atoms with E-state index in [-0.39, 0.29) is 5.92 Å². The number of aromatic hydroxyl groups is 1. The lowest BCUT2D eigenvalue weighted by Gasteiger charge is -2.20. The molecule has 0 spiro atoms. The van der Waals surface area contributed by atoms with E-state index in [0.717, 1.165) is 18.7 Å². The van der Waals surface area contributed by atoms with Crippen molar-refractivity contribution in [2.75, 3.05) is 13.6 Å². The molecule has 0 fully saturated rings. The summed E-state index contributed by atoms with van der Waals surface area (Å²) >= 11 is 4.94. The van der Waals surface area contributed by atoms with Crippen molar-refractivity contribution in [1.29, 1.82) is 0 Å². The van der Waals surface area contributed by atoms with Crippen LogP contribution < -0.4 is 5.73 Å². The van der Waals surface area contributed by atoms with Crippen molar-refractivity contribution in [3.63, 3.8) is 0 Å². The van der Waals surface area contributed by atoms with Gasteiger partial charge in [-0.25, -0.2) is 0 Å². The summed E-state index contributed by atoms with van der Waals surface area (Å²) in [5.74, 6) is 0.514. The Morgan fingerprint density at radius 2 is 2.00 bits per heavy atom. The lowest BCUT2D eigenvalue weighted by Crippen LogP contribution is -2.31. The monoisotopic (exact) mass is 238 g/mol. The van der Waals surface area contributed by atoms with Crippen LogP contribution in [-0.2, 0) is 6.54 Å². The second kappa shape index (κ2) is 5.82. The molecule has 0 bridgehead atoms. The number of nitrogens with two attached hydrogens (primary N) is 1. The van der Waals surface area contributed by atoms with Crippen molar-refractivity contribution < 1.29 is 5.11 Å². The van der Waals surface area contributed by atoms with E-state index in [1.54, 1.807) is 12.1 Å². The SMILES string of the molecule is CC(CN(C)Cc1ccc(O)cc1)C(N)=S. The molecule has 0 aliphatic rings. The zero-order chi connectivity index (χ0) is 12.1. The Labute approximate surface area is 102 Å². The first-order valence-corrected chi connectivity index (χ1v) is 5.65. The predicted molar refractivity (Wildman–Crippen MR) is 70.4 cm³/mol. The maximum atomic E-state index is 9.16. The Hall–Kier alpha value is -1.13. The van der Waals surface area contributed by atoms with E-state index in [1.165, 1.54) is 0 Å². The fourth-order valence-corrected chi connectivity index (χ4v) is 1.61. The van der Waals surface area contributed by atoms with Gasteiger partial charge in [0.2, 0.25) is 0 Å². The smallest absolute Gasteiger partial charge is 0.115 e. The van der Waals surface area contributed by atoms with Crippen molar-refractivity contribution in [1.82, 2.24) is 4.90 Å². The van der Waals surface area contributed by atoms with Crippen molar-refractivity contribution in [2.45, 2.75) is 13.5 Å². The molecule has 0 saturated heterocycles. The van der Waals surface area contributed by atoms with E-state index < -0.39 is 0 Å². The normalized spacial score (nSPS) is 12.7. The Bertz CT molecular complexity index is 351. The van der Waals surface area contributed by atoms with Crippen LogP contribution in [0.2, 0.25) is 0 Å². The molecule has 0 radical (unpaired) electrons. The molecular formula is C12H18N2OS. The number of rotatable bonds is 5. The summed E-state index contributed by atoms with van der Waals surface area (Å²) < 4.78 is 0. The second-order valence-corrected chi connectivity index (χ2v) is 4.64. The van der Waals surface area contributed by atoms with E-state index in [9.17, 15) is 0 Å². The third-order valence-electron chi connectivity index (χ3n) is 2.46. The van der Waals surface area contributed by atoms with Crippen molar-refractivity contribution in [3.8, 4) is 5.75 Å². The van der Waals surface area contributed by atoms with Crippen molar-refractivity contribution >= 4 is 17.2 Å². The van der Waals surface area contributed by atoms with Gasteiger partial charge in [0, 0.05) is 19.0 Å². The van der Waals surface area contributed by atoms with Gasteiger partial charge in [0.15, 0.2) is 0 Å². The first-order chi connectivity index (χ1) is 7.49. The van der Waals surface area contributed by atoms with E-state index in [4.69, 9.17) is 23.1 Å². The van der Waals surface area contributed by atoms with Gasteiger partial charge in [0.25, 0.3) is 0 Å². The van der Waals surface area contributed by atoms with E-state index in [0.29, 0.717) is 10.7 Å². The van der Waals surface area contributed by atoms with Crippen LogP contribution in [0.5, 0.6) is 5.75 Å². The van der Waals surface area contributed by atoms with Gasteiger partial charge in [-0.2, -0.15) is 0 Å². The zero-order valence-electron chi connectivity index (χ0n) is 9.68. The zero-order valence-corrected chi connectivity index (χ0v) is 10.5. The van der Waals surface area contributed by atoms with Crippen LogP contribution in [0.1, 0.15) is 12.5 Å². The van der Waals surface area contributed by atoms with Gasteiger partial charge in [0.1, 0.15) is 5.75 Å². The van der Waals surface area contributed by atoms with Gasteiger partial charge >= 0.3 is 0 Å². The summed E-state index contributed by atoms with van der Waals surface area (Å²) in [5, 5.41) is 9.16. The molecule has 1 atom stereocenters. The minimum absolute atomic E-state index is 0.220. The Balaban J connectivity index is 2.48. The predicted octanol–water partition coefficient (Wildman–Crippen LogP) is 1.75. The molecule has 4 heteroatoms. The lowest BCUT2D eigenvalue weighted by atomic mass is 10.1. The molecule has 88 valence electrons. The molecule has 3 N–H and O–H groups in total. The summed E-state index contributed by atoms with van der Waals surface area (Å²) in [7, 11) is 2.03. The minimum Gasteiger partial charge on any atom is -0.508 e. The molecule has 0 aliphatic heterocycles. The van der Waals surface area contributed by atoms with Crippen molar-refractivity contribution in [2.24, 2.45) is 11.7 Å². The molecule has 0 aromatic heterocycles. The molecule has 1 unspecified atom stereocenters. The topological polar surface area (TPSA) is 49.5 Å². The van der Waals surface area contributed by atoms with Crippen molar-refractivity contribution in [3.05, 3.63) is 29.8 Å². The quantitative estimate of drug-likeness (QED) is 0.767. The molecule has 1 aromatic carbocycles. The number of hydrogen-bond acceptors (Lipinski definition) is 3. The molecular weight excluding hydrogens is 220 g/mol. The lowest BCUT2D eigenvalue weighted by molar-refractivity contribution is 0.307. The average molecular weight is 238 g/mol. The molecule has 0 aliphatic carbocycles. The highest BCUT2D eigenvalue weighted by Crippen LogP contribution is 2.11. The van der Waals surface area contributed by atoms with Crippen LogP contribution in [-0.4, -0.2) is 28.6 Å². The summed E-state index contributed by atoms with van der Waals surface area (Å²) in [6.07, 6.45) is 0. The van der Waals surface area contributed by atoms with Crippen LogP contribution in [0.25, 0.3) is 0 Å². The highest BCUT2D eigenvalue weighted by Gasteiger charge is 2.08. The van der Waals surface area contributed by atoms with Crippen LogP contribution in [0.3, 0.4) is 0 Å². The van der Waals surface area contributed by atoms with Gasteiger partial charge in [-0.3, -0.25) is 0 Å². The van der Waals surface area contributed by atoms with E-state index >= 15 is 0 Å². The fourth-order valence-electron chi connectivity index (χ4n) is 1.54. The Morgan fingerprint density at radius 1 is 1.44 bits per heavy atom. The van der Waals surface area contributed by atoms with E-state index in [1.807, 2.05) is 26.1 Å². The largest absolute Gasteiger partial charge is 0.508 e. The molecule has 0 amide bonds. The Kier molecular flexibility index (Phi) is 4.71. The van der Waals surface area contributed by atoms with Gasteiger partial charge in [-0.05, 0) is 24.7 Å². The molecule has 16 heavy (non-hydrogen) atoms. The van der Waals surface area contributed by atoms with Crippen LogP contribution in [0, 0.1) is 5.92 Å². The summed E-state index contributed by atoms with van der Waals surface area (Å²) in [6.45, 7) is 3.69. The molecule has 3 nitrogen and oxygen atoms in total. The highest BCUT2D eigenvalue weighted by atomic mass is 32.1. The summed E-state index contributed by atoms with van der Waals surface area (Å²) in [4.78, 5) is 2.72. The number of benzene rings is 1. The minimum atomic E-state index is 0.220. The fraction of sp³-hybridized carbons (Fsp3) is 0.417. The number of phenolic OH excluding ortho intramolecular Hbond substituents is 1. The molecule has 0 heterocycles. The summed E-state index contributed by atoms with van der Waals surface area (Å²) in [5.41, 5.74) is 6.73. The number of nitrogens with zero attached hydrogens (tertiary/aromatic N) is 1. The maximum Gasteiger partial charge on any atom is 0.115 e. The maximum absolute atomic E-state index is 9.16. The number of thiocarbonyl (C=S) groups is 1. The standard InChI is InChI=1S/C12H18N2OS/c1-9(12(13)16)7-14(2)8-10-3-5-11(15)6-4-10/h3-6,9,15H,7-8H2,1-2H3,(H2,13,16). The summed E-state index contributed by atoms with van der Waals surface area (Å²) in [6, 6.07) is 7.22. The van der Waals surface area contributed by atoms with Crippen LogP contribution in [0.4, 0.5) is 0 Å². The molecule has 1 rings (SSSR count). The van der Waals surface area contributed by atoms with Gasteiger partial charge < -0.3 is 15.7 Å². The third-order valence-corrected chi connectivity index (χ3v) is 2.86. The van der Waals surface area contributed by atoms with Crippen LogP contribution in [0.15, 0.2) is 24.3 Å². The Morgan fingerprint density at radius 3 is 2.50 bits per heavy atom. The molecule has 0 saturated carbocycles. The van der Waals surface area contributed by atoms with Gasteiger partial charge in [0.05, 0.1) is 4.99 Å². The van der Waals surface area contributed by atoms with E-state index in [2.05, 4.69) is 4.90 Å². The first-order valence-electron chi connectivity index (χ1n) is 5.25. The first kappa shape index (κ1) is 12.9.